The predicted molar refractivity (Wildman–Crippen MR) is 122 cm³/mol. The first-order valence-corrected chi connectivity index (χ1v) is 12.3. The molecule has 2 aliphatic heterocycles. The molecule has 4 rings (SSSR count). The van der Waals surface area contributed by atoms with Crippen LogP contribution in [0.1, 0.15) is 32.3 Å². The Morgan fingerprint density at radius 2 is 2.00 bits per heavy atom. The molecule has 2 amide bonds. The highest BCUT2D eigenvalue weighted by Gasteiger charge is 2.35. The van der Waals surface area contributed by atoms with Crippen molar-refractivity contribution >= 4 is 44.9 Å². The van der Waals surface area contributed by atoms with E-state index in [1.165, 1.54) is 17.4 Å². The molecule has 1 N–H and O–H groups in total. The zero-order chi connectivity index (χ0) is 23.0. The standard InChI is InChI=1S/C22H25ClN4O4S/c1-14-10-17-11-19(6-7-20(17)27(14)15(2)28)32(30,31)26-9-3-4-16(13-26)22(29)25-21-8-5-18(23)12-24-21/h5-8,11-12,14,16H,3-4,9-10,13H2,1-2H3,(H,24,25,29). The van der Waals surface area contributed by atoms with E-state index in [0.717, 1.165) is 11.3 Å². The summed E-state index contributed by atoms with van der Waals surface area (Å²) in [5.41, 5.74) is 1.60. The molecule has 0 aliphatic carbocycles. The number of anilines is 2. The molecular weight excluding hydrogens is 452 g/mol. The van der Waals surface area contributed by atoms with E-state index in [1.807, 2.05) is 6.92 Å². The second-order valence-corrected chi connectivity index (χ2v) is 10.7. The molecule has 0 radical (unpaired) electrons. The Hall–Kier alpha value is -2.49. The zero-order valence-electron chi connectivity index (χ0n) is 17.9. The zero-order valence-corrected chi connectivity index (χ0v) is 19.5. The van der Waals surface area contributed by atoms with E-state index in [9.17, 15) is 18.0 Å². The van der Waals surface area contributed by atoms with Gasteiger partial charge in [0.2, 0.25) is 21.8 Å². The molecule has 1 aromatic heterocycles. The van der Waals surface area contributed by atoms with Crippen LogP contribution in [0.4, 0.5) is 11.5 Å². The lowest BCUT2D eigenvalue weighted by Gasteiger charge is -2.31. The molecule has 3 heterocycles. The van der Waals surface area contributed by atoms with Gasteiger partial charge in [-0.2, -0.15) is 4.31 Å². The van der Waals surface area contributed by atoms with E-state index < -0.39 is 15.9 Å². The van der Waals surface area contributed by atoms with Crippen LogP contribution in [0, 0.1) is 5.92 Å². The van der Waals surface area contributed by atoms with E-state index in [-0.39, 0.29) is 29.3 Å². The molecule has 2 atom stereocenters. The van der Waals surface area contributed by atoms with E-state index >= 15 is 0 Å². The number of aromatic nitrogens is 1. The second-order valence-electron chi connectivity index (χ2n) is 8.29. The summed E-state index contributed by atoms with van der Waals surface area (Å²) in [6, 6.07) is 8.13. The Morgan fingerprint density at radius 1 is 1.22 bits per heavy atom. The normalized spacial score (nSPS) is 21.3. The fraction of sp³-hybridized carbons (Fsp3) is 0.409. The summed E-state index contributed by atoms with van der Waals surface area (Å²) in [6.45, 7) is 3.92. The number of sulfonamides is 1. The van der Waals surface area contributed by atoms with Gasteiger partial charge in [0.15, 0.2) is 0 Å². The topological polar surface area (TPSA) is 99.7 Å². The van der Waals surface area contributed by atoms with Gasteiger partial charge in [0.25, 0.3) is 0 Å². The maximum Gasteiger partial charge on any atom is 0.243 e. The van der Waals surface area contributed by atoms with Crippen LogP contribution in [0.3, 0.4) is 0 Å². The summed E-state index contributed by atoms with van der Waals surface area (Å²) in [4.78, 5) is 30.6. The van der Waals surface area contributed by atoms with Gasteiger partial charge in [0, 0.05) is 37.9 Å². The summed E-state index contributed by atoms with van der Waals surface area (Å²) in [5, 5.41) is 3.20. The number of hydrogen-bond donors (Lipinski definition) is 1. The lowest BCUT2D eigenvalue weighted by molar-refractivity contribution is -0.121. The number of hydrogen-bond acceptors (Lipinski definition) is 5. The third-order valence-corrected chi connectivity index (χ3v) is 8.06. The van der Waals surface area contributed by atoms with E-state index in [2.05, 4.69) is 10.3 Å². The van der Waals surface area contributed by atoms with Crippen molar-refractivity contribution in [3.63, 3.8) is 0 Å². The van der Waals surface area contributed by atoms with Gasteiger partial charge in [-0.1, -0.05) is 11.6 Å². The lowest BCUT2D eigenvalue weighted by Crippen LogP contribution is -2.43. The van der Waals surface area contributed by atoms with Crippen molar-refractivity contribution in [1.82, 2.24) is 9.29 Å². The van der Waals surface area contributed by atoms with Gasteiger partial charge in [-0.05, 0) is 62.1 Å². The molecule has 1 fully saturated rings. The third kappa shape index (κ3) is 4.37. The Morgan fingerprint density at radius 3 is 2.69 bits per heavy atom. The first-order chi connectivity index (χ1) is 15.2. The SMILES string of the molecule is CC(=O)N1c2ccc(S(=O)(=O)N3CCCC(C(=O)Nc4ccc(Cl)cn4)C3)cc2CC1C. The molecule has 10 heteroatoms. The van der Waals surface area contributed by atoms with Crippen LogP contribution in [0.5, 0.6) is 0 Å². The molecule has 2 unspecified atom stereocenters. The van der Waals surface area contributed by atoms with Gasteiger partial charge in [0.1, 0.15) is 5.82 Å². The molecule has 2 aliphatic rings. The molecule has 8 nitrogen and oxygen atoms in total. The predicted octanol–water partition coefficient (Wildman–Crippen LogP) is 3.07. The molecule has 0 saturated carbocycles. The van der Waals surface area contributed by atoms with E-state index in [1.54, 1.807) is 35.2 Å². The highest BCUT2D eigenvalue weighted by Crippen LogP contribution is 2.35. The number of carbonyl (C=O) groups excluding carboxylic acids is 2. The minimum Gasteiger partial charge on any atom is -0.310 e. The Balaban J connectivity index is 1.50. The smallest absolute Gasteiger partial charge is 0.243 e. The van der Waals surface area contributed by atoms with Gasteiger partial charge in [-0.25, -0.2) is 13.4 Å². The number of fused-ring (bicyclic) bond motifs is 1. The Kier molecular flexibility index (Phi) is 6.24. The number of benzene rings is 1. The number of halogens is 1. The van der Waals surface area contributed by atoms with Crippen molar-refractivity contribution in [1.29, 1.82) is 0 Å². The first-order valence-electron chi connectivity index (χ1n) is 10.5. The maximum absolute atomic E-state index is 13.3. The Labute approximate surface area is 192 Å². The second kappa shape index (κ2) is 8.80. The minimum atomic E-state index is -3.77. The van der Waals surface area contributed by atoms with Crippen LogP contribution in [0.2, 0.25) is 5.02 Å². The average molecular weight is 477 g/mol. The minimum absolute atomic E-state index is 0.00926. The van der Waals surface area contributed by atoms with Crippen molar-refractivity contribution in [3.8, 4) is 0 Å². The molecule has 170 valence electrons. The summed E-state index contributed by atoms with van der Waals surface area (Å²) in [5.74, 6) is -0.424. The van der Waals surface area contributed by atoms with Crippen LogP contribution < -0.4 is 10.2 Å². The number of nitrogens with one attached hydrogen (secondary N) is 1. The van der Waals surface area contributed by atoms with Crippen molar-refractivity contribution in [2.24, 2.45) is 5.92 Å². The lowest BCUT2D eigenvalue weighted by atomic mass is 9.99. The first kappa shape index (κ1) is 22.7. The quantitative estimate of drug-likeness (QED) is 0.731. The van der Waals surface area contributed by atoms with Crippen LogP contribution in [0.15, 0.2) is 41.4 Å². The van der Waals surface area contributed by atoms with Gasteiger partial charge < -0.3 is 10.2 Å². The van der Waals surface area contributed by atoms with Gasteiger partial charge in [0.05, 0.1) is 15.8 Å². The highest BCUT2D eigenvalue weighted by molar-refractivity contribution is 7.89. The number of amides is 2. The number of nitrogens with zero attached hydrogens (tertiary/aromatic N) is 3. The molecule has 0 spiro atoms. The highest BCUT2D eigenvalue weighted by atomic mass is 35.5. The van der Waals surface area contributed by atoms with Crippen LogP contribution in [-0.2, 0) is 26.0 Å². The van der Waals surface area contributed by atoms with Crippen LogP contribution >= 0.6 is 11.6 Å². The van der Waals surface area contributed by atoms with Crippen molar-refractivity contribution in [3.05, 3.63) is 47.1 Å². The van der Waals surface area contributed by atoms with Gasteiger partial charge in [-0.15, -0.1) is 0 Å². The molecule has 0 bridgehead atoms. The molecule has 32 heavy (non-hydrogen) atoms. The largest absolute Gasteiger partial charge is 0.310 e. The fourth-order valence-electron chi connectivity index (χ4n) is 4.45. The number of rotatable bonds is 4. The number of carbonyl (C=O) groups is 2. The molecule has 1 saturated heterocycles. The van der Waals surface area contributed by atoms with E-state index in [4.69, 9.17) is 11.6 Å². The molecule has 2 aromatic rings. The monoisotopic (exact) mass is 476 g/mol. The molecular formula is C22H25ClN4O4S. The summed E-state index contributed by atoms with van der Waals surface area (Å²) in [7, 11) is -3.77. The number of pyridine rings is 1. The van der Waals surface area contributed by atoms with Crippen LogP contribution in [-0.4, -0.2) is 48.7 Å². The van der Waals surface area contributed by atoms with Crippen molar-refractivity contribution < 1.29 is 18.0 Å². The number of piperidine rings is 1. The summed E-state index contributed by atoms with van der Waals surface area (Å²) < 4.78 is 28.0. The average Bonchev–Trinajstić information content (AvgIpc) is 3.10. The maximum atomic E-state index is 13.3. The summed E-state index contributed by atoms with van der Waals surface area (Å²) in [6.07, 6.45) is 3.24. The van der Waals surface area contributed by atoms with Gasteiger partial charge >= 0.3 is 0 Å². The van der Waals surface area contributed by atoms with Crippen LogP contribution in [0.25, 0.3) is 0 Å². The van der Waals surface area contributed by atoms with E-state index in [0.29, 0.717) is 36.6 Å². The van der Waals surface area contributed by atoms with Crippen molar-refractivity contribution in [2.45, 2.75) is 44.0 Å². The third-order valence-electron chi connectivity index (χ3n) is 5.98. The van der Waals surface area contributed by atoms with Gasteiger partial charge in [-0.3, -0.25) is 9.59 Å². The fourth-order valence-corrected chi connectivity index (χ4v) is 6.14. The van der Waals surface area contributed by atoms with Crippen molar-refractivity contribution in [2.75, 3.05) is 23.3 Å². The summed E-state index contributed by atoms with van der Waals surface area (Å²) >= 11 is 5.82. The molecule has 1 aromatic carbocycles. The Bertz CT molecular complexity index is 1150.